The van der Waals surface area contributed by atoms with E-state index in [-0.39, 0.29) is 0 Å². The van der Waals surface area contributed by atoms with Gasteiger partial charge in [0.25, 0.3) is 0 Å². The van der Waals surface area contributed by atoms with Gasteiger partial charge in [0.05, 0.1) is 13.5 Å². The van der Waals surface area contributed by atoms with Crippen molar-refractivity contribution in [2.24, 2.45) is 16.6 Å². The van der Waals surface area contributed by atoms with Gasteiger partial charge >= 0.3 is 0 Å². The monoisotopic (exact) mass is 230 g/mol. The molecular formula is C12H19BN4. The zero-order valence-corrected chi connectivity index (χ0v) is 10.2. The molecule has 0 aromatic carbocycles. The fourth-order valence-electron chi connectivity index (χ4n) is 1.72. The van der Waals surface area contributed by atoms with Crippen LogP contribution in [0.3, 0.4) is 0 Å². The van der Waals surface area contributed by atoms with Gasteiger partial charge in [-0.25, -0.2) is 4.99 Å². The summed E-state index contributed by atoms with van der Waals surface area (Å²) in [6.07, 6.45) is 4.84. The van der Waals surface area contributed by atoms with E-state index in [1.165, 1.54) is 0 Å². The third-order valence-corrected chi connectivity index (χ3v) is 2.96. The molecule has 4 N–H and O–H groups in total. The lowest BCUT2D eigenvalue weighted by atomic mass is 9.86. The van der Waals surface area contributed by atoms with Gasteiger partial charge in [-0.1, -0.05) is 19.7 Å². The van der Waals surface area contributed by atoms with Gasteiger partial charge < -0.3 is 10.7 Å². The smallest absolute Gasteiger partial charge is 0.148 e. The number of aromatic amines is 1. The summed E-state index contributed by atoms with van der Waals surface area (Å²) >= 11 is 0. The maximum absolute atomic E-state index is 6.86. The van der Waals surface area contributed by atoms with Crippen molar-refractivity contribution < 1.29 is 0 Å². The molecule has 4 nitrogen and oxygen atoms in total. The third-order valence-electron chi connectivity index (χ3n) is 2.96. The number of aryl methyl sites for hydroxylation is 1. The van der Waals surface area contributed by atoms with Crippen molar-refractivity contribution in [1.82, 2.24) is 4.98 Å². The molecule has 1 heterocycles. The molecule has 90 valence electrons. The fraction of sp³-hybridized carbons (Fsp3) is 0.500. The SMILES string of the molecule is [B]CC(CC)CCc1ccc(C(N)=NC=N)[nH]1. The standard InChI is InChI=1S/C12H19BN4/c1-2-9(7-13)3-4-10-5-6-11(17-10)12(15)16-8-14/h5-6,8-9,17H,2-4,7H2,1H3,(H3,14,15,16). The Morgan fingerprint density at radius 3 is 3.00 bits per heavy atom. The second-order valence-corrected chi connectivity index (χ2v) is 4.09. The van der Waals surface area contributed by atoms with Gasteiger partial charge in [0.2, 0.25) is 0 Å². The first-order valence-corrected chi connectivity index (χ1v) is 5.91. The molecule has 2 radical (unpaired) electrons. The van der Waals surface area contributed by atoms with Crippen LogP contribution in [0.15, 0.2) is 17.1 Å². The van der Waals surface area contributed by atoms with Crippen LogP contribution < -0.4 is 5.73 Å². The Bertz CT molecular complexity index is 380. The number of nitrogens with zero attached hydrogens (tertiary/aromatic N) is 1. The average molecular weight is 230 g/mol. The number of aliphatic imine (C=N–C) groups is 1. The molecule has 0 aliphatic rings. The Labute approximate surface area is 104 Å². The third kappa shape index (κ3) is 4.09. The molecule has 0 saturated carbocycles. The lowest BCUT2D eigenvalue weighted by Gasteiger charge is -2.10. The van der Waals surface area contributed by atoms with E-state index in [9.17, 15) is 0 Å². The maximum Gasteiger partial charge on any atom is 0.148 e. The van der Waals surface area contributed by atoms with Crippen LogP contribution in [0.2, 0.25) is 6.32 Å². The van der Waals surface area contributed by atoms with Gasteiger partial charge in [-0.05, 0) is 30.9 Å². The highest BCUT2D eigenvalue weighted by Gasteiger charge is 2.06. The molecule has 0 aliphatic heterocycles. The zero-order valence-electron chi connectivity index (χ0n) is 10.2. The number of hydrogen-bond acceptors (Lipinski definition) is 1. The van der Waals surface area contributed by atoms with Crippen molar-refractivity contribution in [3.05, 3.63) is 23.5 Å². The number of hydrogen-bond donors (Lipinski definition) is 3. The second kappa shape index (κ2) is 6.94. The molecule has 1 rings (SSSR count). The molecule has 1 aromatic heterocycles. The first kappa shape index (κ1) is 13.5. The van der Waals surface area contributed by atoms with Crippen molar-refractivity contribution in [3.63, 3.8) is 0 Å². The quantitative estimate of drug-likeness (QED) is 0.373. The Hall–Kier alpha value is -1.52. The second-order valence-electron chi connectivity index (χ2n) is 4.09. The number of amidine groups is 1. The zero-order chi connectivity index (χ0) is 12.7. The van der Waals surface area contributed by atoms with E-state index in [4.69, 9.17) is 19.0 Å². The van der Waals surface area contributed by atoms with Crippen LogP contribution in [0.25, 0.3) is 0 Å². The Balaban J connectivity index is 2.57. The number of nitrogens with two attached hydrogens (primary N) is 1. The van der Waals surface area contributed by atoms with Crippen LogP contribution in [0.1, 0.15) is 31.2 Å². The van der Waals surface area contributed by atoms with Crippen molar-refractivity contribution in [2.75, 3.05) is 0 Å². The number of H-pyrrole nitrogens is 1. The topological polar surface area (TPSA) is 78.0 Å². The number of rotatable bonds is 7. The number of aromatic nitrogens is 1. The maximum atomic E-state index is 6.86. The van der Waals surface area contributed by atoms with Crippen LogP contribution in [0.4, 0.5) is 0 Å². The van der Waals surface area contributed by atoms with E-state index in [1.807, 2.05) is 12.1 Å². The van der Waals surface area contributed by atoms with Gasteiger partial charge in [-0.3, -0.25) is 5.41 Å². The molecule has 0 fully saturated rings. The highest BCUT2D eigenvalue weighted by molar-refractivity contribution is 6.08. The molecular weight excluding hydrogens is 211 g/mol. The van der Waals surface area contributed by atoms with Crippen molar-refractivity contribution in [1.29, 1.82) is 5.41 Å². The molecule has 0 amide bonds. The lowest BCUT2D eigenvalue weighted by Crippen LogP contribution is -2.13. The first-order valence-electron chi connectivity index (χ1n) is 5.91. The van der Waals surface area contributed by atoms with Crippen LogP contribution in [0.5, 0.6) is 0 Å². The highest BCUT2D eigenvalue weighted by Crippen LogP contribution is 2.15. The lowest BCUT2D eigenvalue weighted by molar-refractivity contribution is 0.514. The van der Waals surface area contributed by atoms with Crippen molar-refractivity contribution in [3.8, 4) is 0 Å². The summed E-state index contributed by atoms with van der Waals surface area (Å²) in [6, 6.07) is 3.89. The summed E-state index contributed by atoms with van der Waals surface area (Å²) < 4.78 is 0. The van der Waals surface area contributed by atoms with Crippen molar-refractivity contribution >= 4 is 20.0 Å². The van der Waals surface area contributed by atoms with Gasteiger partial charge in [0, 0.05) is 5.69 Å². The molecule has 5 heteroatoms. The van der Waals surface area contributed by atoms with E-state index in [2.05, 4.69) is 16.9 Å². The number of nitrogens with one attached hydrogen (secondary N) is 2. The minimum Gasteiger partial charge on any atom is -0.382 e. The molecule has 1 atom stereocenters. The summed E-state index contributed by atoms with van der Waals surface area (Å²) in [6.45, 7) is 2.16. The summed E-state index contributed by atoms with van der Waals surface area (Å²) in [5, 5.41) is 6.86. The van der Waals surface area contributed by atoms with Crippen LogP contribution in [0, 0.1) is 11.3 Å². The summed E-state index contributed by atoms with van der Waals surface area (Å²) in [5.74, 6) is 0.923. The van der Waals surface area contributed by atoms with Crippen LogP contribution >= 0.6 is 0 Å². The molecule has 1 aromatic rings. The minimum atomic E-state index is 0.345. The molecule has 0 saturated heterocycles. The van der Waals surface area contributed by atoms with Gasteiger partial charge in [0.15, 0.2) is 0 Å². The van der Waals surface area contributed by atoms with E-state index >= 15 is 0 Å². The fourth-order valence-corrected chi connectivity index (χ4v) is 1.72. The van der Waals surface area contributed by atoms with E-state index in [1.54, 1.807) is 0 Å². The normalized spacial score (nSPS) is 13.6. The predicted octanol–water partition coefficient (Wildman–Crippen LogP) is 1.87. The largest absolute Gasteiger partial charge is 0.382 e. The summed E-state index contributed by atoms with van der Waals surface area (Å²) in [4.78, 5) is 6.92. The molecule has 0 aliphatic carbocycles. The molecule has 0 bridgehead atoms. The Morgan fingerprint density at radius 2 is 2.41 bits per heavy atom. The van der Waals surface area contributed by atoms with E-state index in [0.29, 0.717) is 11.8 Å². The van der Waals surface area contributed by atoms with Crippen LogP contribution in [-0.2, 0) is 6.42 Å². The molecule has 1 unspecified atom stereocenters. The predicted molar refractivity (Wildman–Crippen MR) is 73.0 cm³/mol. The summed E-state index contributed by atoms with van der Waals surface area (Å²) in [7, 11) is 5.67. The molecule has 0 spiro atoms. The van der Waals surface area contributed by atoms with E-state index < -0.39 is 0 Å². The molecule has 17 heavy (non-hydrogen) atoms. The summed E-state index contributed by atoms with van der Waals surface area (Å²) in [5.41, 5.74) is 7.58. The Morgan fingerprint density at radius 1 is 1.65 bits per heavy atom. The minimum absolute atomic E-state index is 0.345. The Kier molecular flexibility index (Phi) is 5.53. The van der Waals surface area contributed by atoms with Gasteiger partial charge in [0.1, 0.15) is 12.2 Å². The average Bonchev–Trinajstić information content (AvgIpc) is 2.79. The van der Waals surface area contributed by atoms with Crippen molar-refractivity contribution in [2.45, 2.75) is 32.5 Å². The van der Waals surface area contributed by atoms with Gasteiger partial charge in [-0.2, -0.15) is 0 Å². The first-order chi connectivity index (χ1) is 8.21. The highest BCUT2D eigenvalue weighted by atomic mass is 14.9. The van der Waals surface area contributed by atoms with Crippen LogP contribution in [-0.4, -0.2) is 25.0 Å². The van der Waals surface area contributed by atoms with E-state index in [0.717, 1.165) is 43.3 Å². The van der Waals surface area contributed by atoms with Gasteiger partial charge in [-0.15, -0.1) is 0 Å².